The van der Waals surface area contributed by atoms with Gasteiger partial charge in [-0.2, -0.15) is 0 Å². The molecular formula is C19H20O2S. The minimum atomic E-state index is -0.145. The highest BCUT2D eigenvalue weighted by Gasteiger charge is 2.50. The zero-order valence-electron chi connectivity index (χ0n) is 12.7. The number of hydrogen-bond donors (Lipinski definition) is 0. The fraction of sp³-hybridized carbons (Fsp3) is 0.368. The molecule has 114 valence electrons. The quantitative estimate of drug-likeness (QED) is 0.773. The molecule has 0 aromatic heterocycles. The van der Waals surface area contributed by atoms with E-state index >= 15 is 0 Å². The second-order valence-corrected chi connectivity index (χ2v) is 7.40. The molecule has 2 atom stereocenters. The minimum absolute atomic E-state index is 0.145. The van der Waals surface area contributed by atoms with Crippen LogP contribution in [0.4, 0.5) is 0 Å². The first-order valence-corrected chi connectivity index (χ1v) is 8.73. The second-order valence-electron chi connectivity index (χ2n) is 6.03. The third-order valence-corrected chi connectivity index (χ3v) is 6.13. The van der Waals surface area contributed by atoms with E-state index < -0.39 is 0 Å². The monoisotopic (exact) mass is 312 g/mol. The highest BCUT2D eigenvalue weighted by atomic mass is 32.2. The minimum Gasteiger partial charge on any atom is -0.497 e. The molecule has 2 aromatic rings. The van der Waals surface area contributed by atoms with Crippen LogP contribution in [0.25, 0.3) is 0 Å². The van der Waals surface area contributed by atoms with Gasteiger partial charge in [-0.1, -0.05) is 36.4 Å². The fourth-order valence-electron chi connectivity index (χ4n) is 3.66. The summed E-state index contributed by atoms with van der Waals surface area (Å²) in [5, 5.41) is 0. The summed E-state index contributed by atoms with van der Waals surface area (Å²) in [6.45, 7) is 0. The third-order valence-electron chi connectivity index (χ3n) is 4.71. The lowest BCUT2D eigenvalue weighted by Gasteiger charge is -2.37. The standard InChI is InChI=1S/C19H20O2S/c1-20-14-10-11-18-16(13-14)17-9-5-6-12-19(17,21-18)22-15-7-3-2-4-8-15/h2-4,7-8,10-11,13,17H,5-6,9,12H2,1H3. The summed E-state index contributed by atoms with van der Waals surface area (Å²) in [5.41, 5.74) is 1.32. The molecule has 2 unspecified atom stereocenters. The summed E-state index contributed by atoms with van der Waals surface area (Å²) in [4.78, 5) is 1.14. The summed E-state index contributed by atoms with van der Waals surface area (Å²) in [5.74, 6) is 2.42. The highest BCUT2D eigenvalue weighted by molar-refractivity contribution is 8.00. The maximum Gasteiger partial charge on any atom is 0.165 e. The predicted octanol–water partition coefficient (Wildman–Crippen LogP) is 5.23. The summed E-state index contributed by atoms with van der Waals surface area (Å²) >= 11 is 1.89. The molecule has 1 saturated carbocycles. The molecule has 1 heterocycles. The molecule has 4 rings (SSSR count). The molecule has 2 aliphatic rings. The van der Waals surface area contributed by atoms with E-state index in [1.165, 1.54) is 29.7 Å². The Balaban J connectivity index is 1.72. The normalized spacial score (nSPS) is 26.0. The van der Waals surface area contributed by atoms with Gasteiger partial charge < -0.3 is 9.47 Å². The first kappa shape index (κ1) is 14.0. The van der Waals surface area contributed by atoms with Crippen LogP contribution in [0.3, 0.4) is 0 Å². The first-order chi connectivity index (χ1) is 10.8. The van der Waals surface area contributed by atoms with E-state index in [2.05, 4.69) is 42.5 Å². The molecule has 22 heavy (non-hydrogen) atoms. The van der Waals surface area contributed by atoms with Crippen LogP contribution in [0, 0.1) is 0 Å². The number of fused-ring (bicyclic) bond motifs is 3. The Morgan fingerprint density at radius 3 is 2.82 bits per heavy atom. The molecule has 0 amide bonds. The molecule has 1 fully saturated rings. The van der Waals surface area contributed by atoms with Gasteiger partial charge in [0, 0.05) is 16.4 Å². The summed E-state index contributed by atoms with van der Waals surface area (Å²) < 4.78 is 11.9. The van der Waals surface area contributed by atoms with Gasteiger partial charge in [0.05, 0.1) is 7.11 Å². The number of benzene rings is 2. The van der Waals surface area contributed by atoms with Crippen LogP contribution in [0.15, 0.2) is 53.4 Å². The fourth-order valence-corrected chi connectivity index (χ4v) is 5.12. The lowest BCUT2D eigenvalue weighted by atomic mass is 9.82. The van der Waals surface area contributed by atoms with Crippen molar-refractivity contribution < 1.29 is 9.47 Å². The molecule has 1 aliphatic carbocycles. The smallest absolute Gasteiger partial charge is 0.165 e. The van der Waals surface area contributed by atoms with Crippen LogP contribution >= 0.6 is 11.8 Å². The van der Waals surface area contributed by atoms with E-state index in [0.29, 0.717) is 5.92 Å². The number of rotatable bonds is 3. The third kappa shape index (κ3) is 2.28. The van der Waals surface area contributed by atoms with Gasteiger partial charge in [0.25, 0.3) is 0 Å². The first-order valence-electron chi connectivity index (χ1n) is 7.92. The Morgan fingerprint density at radius 1 is 1.14 bits per heavy atom. The SMILES string of the molecule is COc1ccc2c(c1)C1CCCCC1(Sc1ccccc1)O2. The second kappa shape index (κ2) is 5.54. The van der Waals surface area contributed by atoms with Gasteiger partial charge in [0.1, 0.15) is 11.5 Å². The van der Waals surface area contributed by atoms with E-state index in [-0.39, 0.29) is 4.93 Å². The molecule has 0 bridgehead atoms. The lowest BCUT2D eigenvalue weighted by molar-refractivity contribution is 0.128. The van der Waals surface area contributed by atoms with Crippen molar-refractivity contribution in [1.29, 1.82) is 0 Å². The van der Waals surface area contributed by atoms with Crippen LogP contribution in [-0.4, -0.2) is 12.0 Å². The van der Waals surface area contributed by atoms with E-state index in [9.17, 15) is 0 Å². The van der Waals surface area contributed by atoms with E-state index in [0.717, 1.165) is 17.9 Å². The maximum atomic E-state index is 6.51. The largest absolute Gasteiger partial charge is 0.497 e. The van der Waals surface area contributed by atoms with Crippen molar-refractivity contribution in [2.75, 3.05) is 7.11 Å². The predicted molar refractivity (Wildman–Crippen MR) is 89.9 cm³/mol. The Labute approximate surface area is 135 Å². The molecule has 0 saturated heterocycles. The topological polar surface area (TPSA) is 18.5 Å². The molecule has 2 aromatic carbocycles. The van der Waals surface area contributed by atoms with E-state index in [4.69, 9.17) is 9.47 Å². The Morgan fingerprint density at radius 2 is 2.00 bits per heavy atom. The average Bonchev–Trinajstić information content (AvgIpc) is 2.88. The van der Waals surface area contributed by atoms with Gasteiger partial charge in [-0.15, -0.1) is 0 Å². The van der Waals surface area contributed by atoms with Crippen molar-refractivity contribution in [1.82, 2.24) is 0 Å². The van der Waals surface area contributed by atoms with Crippen molar-refractivity contribution in [3.05, 3.63) is 54.1 Å². The van der Waals surface area contributed by atoms with Crippen molar-refractivity contribution in [2.24, 2.45) is 0 Å². The van der Waals surface area contributed by atoms with Crippen molar-refractivity contribution in [3.63, 3.8) is 0 Å². The molecule has 1 aliphatic heterocycles. The van der Waals surface area contributed by atoms with Crippen molar-refractivity contribution in [3.8, 4) is 11.5 Å². The van der Waals surface area contributed by atoms with Gasteiger partial charge in [-0.3, -0.25) is 0 Å². The highest BCUT2D eigenvalue weighted by Crippen LogP contribution is 2.59. The molecule has 0 radical (unpaired) electrons. The summed E-state index contributed by atoms with van der Waals surface area (Å²) in [7, 11) is 1.73. The molecular weight excluding hydrogens is 292 g/mol. The average molecular weight is 312 g/mol. The lowest BCUT2D eigenvalue weighted by Crippen LogP contribution is -2.36. The van der Waals surface area contributed by atoms with E-state index in [1.54, 1.807) is 7.11 Å². The molecule has 0 N–H and O–H groups in total. The van der Waals surface area contributed by atoms with Gasteiger partial charge in [-0.25, -0.2) is 0 Å². The van der Waals surface area contributed by atoms with Gasteiger partial charge >= 0.3 is 0 Å². The molecule has 3 heteroatoms. The van der Waals surface area contributed by atoms with Crippen LogP contribution in [-0.2, 0) is 0 Å². The van der Waals surface area contributed by atoms with Gasteiger partial charge in [0.15, 0.2) is 4.93 Å². The molecule has 2 nitrogen and oxygen atoms in total. The number of ether oxygens (including phenoxy) is 2. The summed E-state index contributed by atoms with van der Waals surface area (Å²) in [6.07, 6.45) is 4.82. The maximum absolute atomic E-state index is 6.51. The molecule has 0 spiro atoms. The van der Waals surface area contributed by atoms with E-state index in [1.807, 2.05) is 17.8 Å². The van der Waals surface area contributed by atoms with Crippen molar-refractivity contribution in [2.45, 2.75) is 41.4 Å². The van der Waals surface area contributed by atoms with Crippen LogP contribution in [0.2, 0.25) is 0 Å². The zero-order valence-corrected chi connectivity index (χ0v) is 13.6. The number of hydrogen-bond acceptors (Lipinski definition) is 3. The Hall–Kier alpha value is -1.61. The van der Waals surface area contributed by atoms with Crippen molar-refractivity contribution >= 4 is 11.8 Å². The zero-order chi connectivity index (χ0) is 15.0. The van der Waals surface area contributed by atoms with Crippen LogP contribution < -0.4 is 9.47 Å². The van der Waals surface area contributed by atoms with Crippen LogP contribution in [0.1, 0.15) is 37.2 Å². The number of thioether (sulfide) groups is 1. The van der Waals surface area contributed by atoms with Gasteiger partial charge in [-0.05, 0) is 49.6 Å². The summed E-state index contributed by atoms with van der Waals surface area (Å²) in [6, 6.07) is 16.9. The number of methoxy groups -OCH3 is 1. The Kier molecular flexibility index (Phi) is 3.53. The van der Waals surface area contributed by atoms with Gasteiger partial charge in [0.2, 0.25) is 0 Å². The Bertz CT molecular complexity index is 670. The van der Waals surface area contributed by atoms with Crippen LogP contribution in [0.5, 0.6) is 11.5 Å².